The van der Waals surface area contributed by atoms with Gasteiger partial charge in [0.2, 0.25) is 10.0 Å². The van der Waals surface area contributed by atoms with Gasteiger partial charge in [-0.25, -0.2) is 22.7 Å². The number of fused-ring (bicyclic) bond motifs is 2. The molecule has 0 radical (unpaired) electrons. The fourth-order valence-corrected chi connectivity index (χ4v) is 5.43. The summed E-state index contributed by atoms with van der Waals surface area (Å²) in [5, 5.41) is 5.02. The molecule has 11 heteroatoms. The van der Waals surface area contributed by atoms with Crippen molar-refractivity contribution in [2.24, 2.45) is 5.92 Å². The molecule has 0 bridgehead atoms. The lowest BCUT2D eigenvalue weighted by Gasteiger charge is -2.27. The average molecular weight is 445 g/mol. The van der Waals surface area contributed by atoms with E-state index in [0.717, 1.165) is 41.1 Å². The number of ketones is 1. The van der Waals surface area contributed by atoms with Gasteiger partial charge in [0.1, 0.15) is 23.6 Å². The van der Waals surface area contributed by atoms with E-state index >= 15 is 0 Å². The van der Waals surface area contributed by atoms with Crippen LogP contribution < -0.4 is 4.90 Å². The van der Waals surface area contributed by atoms with E-state index in [9.17, 15) is 13.2 Å². The number of aromatic nitrogens is 4. The maximum atomic E-state index is 12.9. The van der Waals surface area contributed by atoms with Gasteiger partial charge in [0.15, 0.2) is 11.5 Å². The zero-order chi connectivity index (χ0) is 21.6. The minimum absolute atomic E-state index is 0.0564. The molecule has 1 N–H and O–H groups in total. The second-order valence-corrected chi connectivity index (χ2v) is 10.3. The minimum atomic E-state index is -3.17. The quantitative estimate of drug-likeness (QED) is 0.570. The van der Waals surface area contributed by atoms with Crippen LogP contribution in [0.15, 0.2) is 23.1 Å². The Bertz CT molecular complexity index is 1230. The summed E-state index contributed by atoms with van der Waals surface area (Å²) in [4.78, 5) is 26.8. The van der Waals surface area contributed by atoms with Crippen molar-refractivity contribution in [3.05, 3.63) is 35.6 Å². The monoisotopic (exact) mass is 444 g/mol. The molecule has 0 aromatic carbocycles. The standard InChI is InChI=1S/C20H24N6O4S/c1-31(28,29)26-9-5-13(10-26)2-3-16(27)18-15-11-25(8-6-17(15)30-24-18)20-14-4-7-21-19(14)22-12-23-20/h4,7,12-13H,2-3,5-6,8-11H2,1H3,(H,21,22,23). The Morgan fingerprint density at radius 1 is 1.32 bits per heavy atom. The van der Waals surface area contributed by atoms with Crippen LogP contribution in [0, 0.1) is 5.92 Å². The molecule has 10 nitrogen and oxygen atoms in total. The molecule has 2 aliphatic heterocycles. The van der Waals surface area contributed by atoms with E-state index in [1.165, 1.54) is 16.9 Å². The summed E-state index contributed by atoms with van der Waals surface area (Å²) in [6, 6.07) is 1.95. The minimum Gasteiger partial charge on any atom is -0.360 e. The molecule has 0 saturated carbocycles. The van der Waals surface area contributed by atoms with Crippen molar-refractivity contribution in [3.63, 3.8) is 0 Å². The fourth-order valence-electron chi connectivity index (χ4n) is 4.51. The first-order valence-corrected chi connectivity index (χ1v) is 12.2. The highest BCUT2D eigenvalue weighted by atomic mass is 32.2. The predicted molar refractivity (Wildman–Crippen MR) is 113 cm³/mol. The largest absolute Gasteiger partial charge is 0.360 e. The molecule has 0 amide bonds. The third kappa shape index (κ3) is 3.83. The second kappa shape index (κ2) is 7.72. The van der Waals surface area contributed by atoms with E-state index in [0.29, 0.717) is 44.6 Å². The number of H-pyrrole nitrogens is 1. The molecule has 5 rings (SSSR count). The summed E-state index contributed by atoms with van der Waals surface area (Å²) < 4.78 is 30.4. The van der Waals surface area contributed by atoms with Gasteiger partial charge < -0.3 is 14.4 Å². The first kappa shape index (κ1) is 20.1. The number of carbonyl (C=O) groups is 1. The Morgan fingerprint density at radius 2 is 2.19 bits per heavy atom. The van der Waals surface area contributed by atoms with E-state index in [1.807, 2.05) is 12.3 Å². The Balaban J connectivity index is 1.28. The Labute approximate surface area is 179 Å². The van der Waals surface area contributed by atoms with Crippen molar-refractivity contribution in [1.29, 1.82) is 0 Å². The van der Waals surface area contributed by atoms with Crippen LogP contribution in [0.2, 0.25) is 0 Å². The number of nitrogens with one attached hydrogen (secondary N) is 1. The van der Waals surface area contributed by atoms with Crippen molar-refractivity contribution < 1.29 is 17.7 Å². The van der Waals surface area contributed by atoms with Crippen LogP contribution in [-0.4, -0.2) is 64.5 Å². The summed E-state index contributed by atoms with van der Waals surface area (Å²) >= 11 is 0. The molecule has 164 valence electrons. The van der Waals surface area contributed by atoms with Crippen LogP contribution in [0.4, 0.5) is 5.82 Å². The maximum Gasteiger partial charge on any atom is 0.211 e. The Kier molecular flexibility index (Phi) is 5.01. The van der Waals surface area contributed by atoms with Gasteiger partial charge in [-0.1, -0.05) is 5.16 Å². The Hall–Kier alpha value is -2.79. The molecule has 5 heterocycles. The summed E-state index contributed by atoms with van der Waals surface area (Å²) in [5.74, 6) is 1.71. The third-order valence-corrected chi connectivity index (χ3v) is 7.49. The molecule has 3 aromatic heterocycles. The summed E-state index contributed by atoms with van der Waals surface area (Å²) in [7, 11) is -3.17. The second-order valence-electron chi connectivity index (χ2n) is 8.28. The molecular formula is C20H24N6O4S. The number of aromatic amines is 1. The van der Waals surface area contributed by atoms with Gasteiger partial charge in [0.25, 0.3) is 0 Å². The number of anilines is 1. The number of rotatable bonds is 6. The van der Waals surface area contributed by atoms with E-state index in [2.05, 4.69) is 25.0 Å². The molecule has 1 unspecified atom stereocenters. The van der Waals surface area contributed by atoms with Gasteiger partial charge in [-0.15, -0.1) is 0 Å². The van der Waals surface area contributed by atoms with E-state index in [-0.39, 0.29) is 11.7 Å². The molecule has 0 spiro atoms. The van der Waals surface area contributed by atoms with Crippen molar-refractivity contribution in [3.8, 4) is 0 Å². The van der Waals surface area contributed by atoms with Gasteiger partial charge in [0.05, 0.1) is 18.2 Å². The summed E-state index contributed by atoms with van der Waals surface area (Å²) in [6.07, 6.45) is 7.00. The molecule has 2 aliphatic rings. The lowest BCUT2D eigenvalue weighted by molar-refractivity contribution is 0.0965. The van der Waals surface area contributed by atoms with E-state index in [4.69, 9.17) is 4.52 Å². The molecule has 1 fully saturated rings. The predicted octanol–water partition coefficient (Wildman–Crippen LogP) is 1.75. The van der Waals surface area contributed by atoms with E-state index < -0.39 is 10.0 Å². The average Bonchev–Trinajstić information content (AvgIpc) is 3.49. The highest BCUT2D eigenvalue weighted by molar-refractivity contribution is 7.88. The Morgan fingerprint density at radius 3 is 3.00 bits per heavy atom. The zero-order valence-electron chi connectivity index (χ0n) is 17.2. The third-order valence-electron chi connectivity index (χ3n) is 6.22. The number of nitrogens with zero attached hydrogens (tertiary/aromatic N) is 5. The number of hydrogen-bond donors (Lipinski definition) is 1. The van der Waals surface area contributed by atoms with Gasteiger partial charge >= 0.3 is 0 Å². The first-order chi connectivity index (χ1) is 14.9. The van der Waals surface area contributed by atoms with Crippen molar-refractivity contribution >= 4 is 32.7 Å². The zero-order valence-corrected chi connectivity index (χ0v) is 18.1. The van der Waals surface area contributed by atoms with Gasteiger partial charge in [0, 0.05) is 44.2 Å². The smallest absolute Gasteiger partial charge is 0.211 e. The topological polar surface area (TPSA) is 125 Å². The van der Waals surface area contributed by atoms with Crippen molar-refractivity contribution in [2.45, 2.75) is 32.2 Å². The highest BCUT2D eigenvalue weighted by Gasteiger charge is 2.31. The normalized spacial score (nSPS) is 19.8. The lowest BCUT2D eigenvalue weighted by Crippen LogP contribution is -2.31. The van der Waals surface area contributed by atoms with Crippen molar-refractivity contribution in [1.82, 2.24) is 24.4 Å². The number of Topliss-reactive ketones (excluding diaryl/α,β-unsaturated/α-hetero) is 1. The summed E-state index contributed by atoms with van der Waals surface area (Å²) in [6.45, 7) is 2.23. The molecule has 3 aromatic rings. The number of hydrogen-bond acceptors (Lipinski definition) is 8. The SMILES string of the molecule is CS(=O)(=O)N1CCC(CCC(=O)c2noc3c2CN(c2ncnc4[nH]ccc24)CC3)C1. The van der Waals surface area contributed by atoms with Crippen LogP contribution in [0.5, 0.6) is 0 Å². The van der Waals surface area contributed by atoms with Crippen molar-refractivity contribution in [2.75, 3.05) is 30.8 Å². The summed E-state index contributed by atoms with van der Waals surface area (Å²) in [5.41, 5.74) is 1.98. The molecule has 1 saturated heterocycles. The van der Waals surface area contributed by atoms with Crippen LogP contribution >= 0.6 is 0 Å². The van der Waals surface area contributed by atoms with Gasteiger partial charge in [-0.05, 0) is 24.8 Å². The molecule has 31 heavy (non-hydrogen) atoms. The van der Waals surface area contributed by atoms with E-state index in [1.54, 1.807) is 0 Å². The van der Waals surface area contributed by atoms with Crippen LogP contribution in [0.1, 0.15) is 41.1 Å². The van der Waals surface area contributed by atoms with Crippen LogP contribution in [-0.2, 0) is 23.0 Å². The van der Waals surface area contributed by atoms with Gasteiger partial charge in [-0.2, -0.15) is 0 Å². The lowest BCUT2D eigenvalue weighted by atomic mass is 9.97. The molecule has 1 atom stereocenters. The van der Waals surface area contributed by atoms with Gasteiger partial charge in [-0.3, -0.25) is 4.79 Å². The molecule has 0 aliphatic carbocycles. The maximum absolute atomic E-state index is 12.9. The van der Waals surface area contributed by atoms with Crippen LogP contribution in [0.3, 0.4) is 0 Å². The first-order valence-electron chi connectivity index (χ1n) is 10.4. The fraction of sp³-hybridized carbons (Fsp3) is 0.500. The van der Waals surface area contributed by atoms with Crippen LogP contribution in [0.25, 0.3) is 11.0 Å². The molecular weight excluding hydrogens is 420 g/mol. The number of carbonyl (C=O) groups excluding carboxylic acids is 1. The number of sulfonamides is 1. The highest BCUT2D eigenvalue weighted by Crippen LogP contribution is 2.30.